The number of cyclic esters (lactones) is 1. The molecule has 1 atom stereocenters. The molecule has 0 aromatic carbocycles. The molecular formula is C11H20N2O2. The summed E-state index contributed by atoms with van der Waals surface area (Å²) in [6.07, 6.45) is 2.02. The number of hydrogen-bond acceptors (Lipinski definition) is 3. The predicted octanol–water partition coefficient (Wildman–Crippen LogP) is 1.22. The normalized spacial score (nSPS) is 33.9. The van der Waals surface area contributed by atoms with Crippen molar-refractivity contribution in [3.8, 4) is 0 Å². The fraction of sp³-hybridized carbons (Fsp3) is 0.909. The van der Waals surface area contributed by atoms with Gasteiger partial charge in [-0.3, -0.25) is 0 Å². The van der Waals surface area contributed by atoms with Crippen LogP contribution in [-0.2, 0) is 4.74 Å². The van der Waals surface area contributed by atoms with Gasteiger partial charge in [0.15, 0.2) is 0 Å². The second-order valence-electron chi connectivity index (χ2n) is 4.76. The Kier molecular flexibility index (Phi) is 2.87. The topological polar surface area (TPSA) is 41.6 Å². The third-order valence-electron chi connectivity index (χ3n) is 3.81. The van der Waals surface area contributed by atoms with E-state index in [4.69, 9.17) is 4.74 Å². The number of nitrogens with one attached hydrogen (secondary N) is 1. The number of ether oxygens (including phenoxy) is 1. The molecule has 0 aromatic heterocycles. The molecule has 4 nitrogen and oxygen atoms in total. The predicted molar refractivity (Wildman–Crippen MR) is 57.7 cm³/mol. The van der Waals surface area contributed by atoms with Gasteiger partial charge in [-0.1, -0.05) is 6.92 Å². The number of likely N-dealkylation sites (tertiary alicyclic amines) is 1. The molecule has 2 heterocycles. The minimum Gasteiger partial charge on any atom is -0.441 e. The molecule has 15 heavy (non-hydrogen) atoms. The average Bonchev–Trinajstić information content (AvgIpc) is 2.60. The minimum atomic E-state index is -0.267. The van der Waals surface area contributed by atoms with Gasteiger partial charge in [0.25, 0.3) is 0 Å². The second kappa shape index (κ2) is 4.00. The van der Waals surface area contributed by atoms with Crippen molar-refractivity contribution in [3.05, 3.63) is 0 Å². The first kappa shape index (κ1) is 10.7. The van der Waals surface area contributed by atoms with E-state index in [1.165, 1.54) is 0 Å². The minimum absolute atomic E-state index is 0.254. The van der Waals surface area contributed by atoms with Crippen molar-refractivity contribution in [3.63, 3.8) is 0 Å². The van der Waals surface area contributed by atoms with Crippen molar-refractivity contribution >= 4 is 6.09 Å². The summed E-state index contributed by atoms with van der Waals surface area (Å²) in [5, 5.41) is 2.76. The number of rotatable bonds is 2. The van der Waals surface area contributed by atoms with Crippen LogP contribution in [0.15, 0.2) is 0 Å². The van der Waals surface area contributed by atoms with Gasteiger partial charge in [0.2, 0.25) is 0 Å². The van der Waals surface area contributed by atoms with Gasteiger partial charge in [0, 0.05) is 5.92 Å². The highest BCUT2D eigenvalue weighted by atomic mass is 16.6. The maximum absolute atomic E-state index is 11.1. The number of alkyl carbamates (subject to hydrolysis) is 1. The van der Waals surface area contributed by atoms with Crippen LogP contribution in [0.5, 0.6) is 0 Å². The SMILES string of the molecule is CCN1CCC(C2(C)CNC(=O)O2)CC1. The first-order valence-electron chi connectivity index (χ1n) is 5.83. The Morgan fingerprint density at radius 1 is 1.53 bits per heavy atom. The van der Waals surface area contributed by atoms with Crippen LogP contribution in [0.3, 0.4) is 0 Å². The fourth-order valence-corrected chi connectivity index (χ4v) is 2.62. The molecule has 86 valence electrons. The van der Waals surface area contributed by atoms with Crippen molar-refractivity contribution < 1.29 is 9.53 Å². The zero-order valence-electron chi connectivity index (χ0n) is 9.58. The molecular weight excluding hydrogens is 192 g/mol. The van der Waals surface area contributed by atoms with Gasteiger partial charge in [-0.25, -0.2) is 4.79 Å². The summed E-state index contributed by atoms with van der Waals surface area (Å²) in [6, 6.07) is 0. The van der Waals surface area contributed by atoms with E-state index in [2.05, 4.69) is 24.1 Å². The smallest absolute Gasteiger partial charge is 0.407 e. The Bertz CT molecular complexity index is 249. The van der Waals surface area contributed by atoms with Crippen molar-refractivity contribution in [1.82, 2.24) is 10.2 Å². The van der Waals surface area contributed by atoms with Crippen molar-refractivity contribution in [2.75, 3.05) is 26.2 Å². The van der Waals surface area contributed by atoms with Crippen LogP contribution in [0.2, 0.25) is 0 Å². The highest BCUT2D eigenvalue weighted by Gasteiger charge is 2.43. The molecule has 0 spiro atoms. The quantitative estimate of drug-likeness (QED) is 0.748. The van der Waals surface area contributed by atoms with E-state index in [9.17, 15) is 4.79 Å². The lowest BCUT2D eigenvalue weighted by Gasteiger charge is -2.38. The van der Waals surface area contributed by atoms with Crippen molar-refractivity contribution in [2.24, 2.45) is 5.92 Å². The van der Waals surface area contributed by atoms with Gasteiger partial charge in [-0.05, 0) is 39.4 Å². The first-order valence-corrected chi connectivity index (χ1v) is 5.83. The van der Waals surface area contributed by atoms with E-state index in [-0.39, 0.29) is 11.7 Å². The zero-order chi connectivity index (χ0) is 10.9. The average molecular weight is 212 g/mol. The number of nitrogens with zero attached hydrogens (tertiary/aromatic N) is 1. The third kappa shape index (κ3) is 2.09. The molecule has 2 rings (SSSR count). The van der Waals surface area contributed by atoms with Crippen molar-refractivity contribution in [1.29, 1.82) is 0 Å². The molecule has 2 aliphatic heterocycles. The molecule has 0 aliphatic carbocycles. The van der Waals surface area contributed by atoms with Crippen LogP contribution in [0.4, 0.5) is 4.79 Å². The van der Waals surface area contributed by atoms with Crippen LogP contribution < -0.4 is 5.32 Å². The maximum atomic E-state index is 11.1. The largest absolute Gasteiger partial charge is 0.441 e. The van der Waals surface area contributed by atoms with Gasteiger partial charge in [-0.15, -0.1) is 0 Å². The molecule has 2 aliphatic rings. The number of amides is 1. The third-order valence-corrected chi connectivity index (χ3v) is 3.81. The summed E-state index contributed by atoms with van der Waals surface area (Å²) in [6.45, 7) is 8.31. The Labute approximate surface area is 91.0 Å². The summed E-state index contributed by atoms with van der Waals surface area (Å²) >= 11 is 0. The van der Waals surface area contributed by atoms with Gasteiger partial charge >= 0.3 is 6.09 Å². The summed E-state index contributed by atoms with van der Waals surface area (Å²) in [5.41, 5.74) is -0.267. The summed E-state index contributed by atoms with van der Waals surface area (Å²) < 4.78 is 5.39. The molecule has 2 fully saturated rings. The van der Waals surface area contributed by atoms with Gasteiger partial charge < -0.3 is 15.0 Å². The van der Waals surface area contributed by atoms with E-state index in [0.29, 0.717) is 12.5 Å². The molecule has 1 unspecified atom stereocenters. The fourth-order valence-electron chi connectivity index (χ4n) is 2.62. The van der Waals surface area contributed by atoms with Gasteiger partial charge in [0.1, 0.15) is 5.60 Å². The van der Waals surface area contributed by atoms with E-state index < -0.39 is 0 Å². The Morgan fingerprint density at radius 2 is 2.20 bits per heavy atom. The first-order chi connectivity index (χ1) is 7.14. The molecule has 0 aromatic rings. The lowest BCUT2D eigenvalue weighted by atomic mass is 9.82. The highest BCUT2D eigenvalue weighted by Crippen LogP contribution is 2.33. The van der Waals surface area contributed by atoms with Crippen LogP contribution in [0.1, 0.15) is 26.7 Å². The van der Waals surface area contributed by atoms with Crippen LogP contribution in [0.25, 0.3) is 0 Å². The zero-order valence-corrected chi connectivity index (χ0v) is 9.58. The molecule has 1 amide bonds. The van der Waals surface area contributed by atoms with E-state index in [1.807, 2.05) is 0 Å². The van der Waals surface area contributed by atoms with Crippen LogP contribution in [-0.4, -0.2) is 42.8 Å². The van der Waals surface area contributed by atoms with E-state index in [1.54, 1.807) is 0 Å². The summed E-state index contributed by atoms with van der Waals surface area (Å²) in [5.74, 6) is 0.513. The van der Waals surface area contributed by atoms with Crippen LogP contribution >= 0.6 is 0 Å². The summed E-state index contributed by atoms with van der Waals surface area (Å²) in [4.78, 5) is 13.5. The van der Waals surface area contributed by atoms with E-state index >= 15 is 0 Å². The monoisotopic (exact) mass is 212 g/mol. The van der Waals surface area contributed by atoms with Gasteiger partial charge in [-0.2, -0.15) is 0 Å². The Morgan fingerprint density at radius 3 is 2.67 bits per heavy atom. The number of carbonyl (C=O) groups is 1. The Balaban J connectivity index is 1.92. The van der Waals surface area contributed by atoms with E-state index in [0.717, 1.165) is 32.5 Å². The second-order valence-corrected chi connectivity index (χ2v) is 4.76. The lowest BCUT2D eigenvalue weighted by Crippen LogP contribution is -2.45. The summed E-state index contributed by atoms with van der Waals surface area (Å²) in [7, 11) is 0. The van der Waals surface area contributed by atoms with Crippen LogP contribution in [0, 0.1) is 5.92 Å². The molecule has 0 saturated carbocycles. The molecule has 1 N–H and O–H groups in total. The maximum Gasteiger partial charge on any atom is 0.407 e. The molecule has 4 heteroatoms. The number of carbonyl (C=O) groups excluding carboxylic acids is 1. The molecule has 0 bridgehead atoms. The highest BCUT2D eigenvalue weighted by molar-refractivity contribution is 5.70. The Hall–Kier alpha value is -0.770. The standard InChI is InChI=1S/C11H20N2O2/c1-3-13-6-4-9(5-7-13)11(2)8-12-10(14)15-11/h9H,3-8H2,1-2H3,(H,12,14). The molecule has 0 radical (unpaired) electrons. The van der Waals surface area contributed by atoms with Gasteiger partial charge in [0.05, 0.1) is 6.54 Å². The van der Waals surface area contributed by atoms with Crippen molar-refractivity contribution in [2.45, 2.75) is 32.3 Å². The molecule has 2 saturated heterocycles. The number of piperidine rings is 1. The number of hydrogen-bond donors (Lipinski definition) is 1. The lowest BCUT2D eigenvalue weighted by molar-refractivity contribution is -0.00512.